The van der Waals surface area contributed by atoms with Crippen molar-refractivity contribution in [2.75, 3.05) is 13.7 Å². The minimum atomic E-state index is -0.386. The van der Waals surface area contributed by atoms with Gasteiger partial charge in [0, 0.05) is 5.56 Å². The smallest absolute Gasteiger partial charge is 0.314 e. The largest absolute Gasteiger partial charge is 0.496 e. The number of hydrogen-bond donors (Lipinski definition) is 0. The molecule has 0 bridgehead atoms. The highest BCUT2D eigenvalue weighted by molar-refractivity contribution is 5.79. The molecule has 0 amide bonds. The van der Waals surface area contributed by atoms with Gasteiger partial charge >= 0.3 is 5.97 Å². The third kappa shape index (κ3) is 5.10. The van der Waals surface area contributed by atoms with Gasteiger partial charge in [0.05, 0.1) is 13.0 Å². The van der Waals surface area contributed by atoms with Gasteiger partial charge in [-0.3, -0.25) is 4.79 Å². The van der Waals surface area contributed by atoms with Crippen molar-refractivity contribution in [3.05, 3.63) is 53.6 Å². The Kier molecular flexibility index (Phi) is 6.73. The number of ether oxygens (including phenoxy) is 2. The zero-order chi connectivity index (χ0) is 15.8. The first-order valence-corrected chi connectivity index (χ1v) is 7.05. The fourth-order valence-corrected chi connectivity index (χ4v) is 2.03. The molecule has 0 aliphatic rings. The summed E-state index contributed by atoms with van der Waals surface area (Å²) < 4.78 is 10.7. The second-order valence-corrected chi connectivity index (χ2v) is 5.23. The Bertz CT molecular complexity index is 525. The molecule has 3 nitrogen and oxygen atoms in total. The average molecular weight is 288 g/mol. The van der Waals surface area contributed by atoms with Gasteiger partial charge in [0.25, 0.3) is 0 Å². The van der Waals surface area contributed by atoms with Crippen LogP contribution in [0.5, 0.6) is 5.75 Å². The Morgan fingerprint density at radius 2 is 2.10 bits per heavy atom. The first-order chi connectivity index (χ1) is 9.99. The molecule has 1 unspecified atom stereocenters. The summed E-state index contributed by atoms with van der Waals surface area (Å²) in [7, 11) is 1.60. The van der Waals surface area contributed by atoms with E-state index >= 15 is 0 Å². The SMILES string of the molecule is C=CCC(C(=O)OCC=C(C)C)c1cc(C)ccc1OC. The van der Waals surface area contributed by atoms with E-state index in [1.807, 2.05) is 45.0 Å². The first kappa shape index (κ1) is 17.0. The van der Waals surface area contributed by atoms with Gasteiger partial charge in [0.1, 0.15) is 12.4 Å². The van der Waals surface area contributed by atoms with E-state index in [9.17, 15) is 4.79 Å². The number of rotatable bonds is 7. The van der Waals surface area contributed by atoms with Gasteiger partial charge in [-0.25, -0.2) is 0 Å². The van der Waals surface area contributed by atoms with E-state index in [4.69, 9.17) is 9.47 Å². The number of aryl methyl sites for hydroxylation is 1. The zero-order valence-electron chi connectivity index (χ0n) is 13.3. The highest BCUT2D eigenvalue weighted by Gasteiger charge is 2.24. The van der Waals surface area contributed by atoms with E-state index in [-0.39, 0.29) is 11.9 Å². The molecule has 0 saturated carbocycles. The van der Waals surface area contributed by atoms with Crippen molar-refractivity contribution in [1.29, 1.82) is 0 Å². The number of benzene rings is 1. The van der Waals surface area contributed by atoms with Crippen LogP contribution in [0.3, 0.4) is 0 Å². The fraction of sp³-hybridized carbons (Fsp3) is 0.389. The van der Waals surface area contributed by atoms with Crippen LogP contribution in [-0.2, 0) is 9.53 Å². The minimum absolute atomic E-state index is 0.253. The third-order valence-electron chi connectivity index (χ3n) is 3.16. The molecule has 0 aliphatic carbocycles. The molecule has 1 rings (SSSR count). The number of methoxy groups -OCH3 is 1. The van der Waals surface area contributed by atoms with Crippen molar-refractivity contribution in [2.45, 2.75) is 33.1 Å². The lowest BCUT2D eigenvalue weighted by atomic mass is 9.93. The molecule has 0 radical (unpaired) electrons. The third-order valence-corrected chi connectivity index (χ3v) is 3.16. The summed E-state index contributed by atoms with van der Waals surface area (Å²) in [6, 6.07) is 5.81. The van der Waals surface area contributed by atoms with Crippen molar-refractivity contribution in [1.82, 2.24) is 0 Å². The van der Waals surface area contributed by atoms with E-state index < -0.39 is 0 Å². The number of hydrogen-bond acceptors (Lipinski definition) is 3. The normalized spacial score (nSPS) is 11.4. The molecule has 0 spiro atoms. The second kappa shape index (κ2) is 8.30. The summed E-state index contributed by atoms with van der Waals surface area (Å²) >= 11 is 0. The monoisotopic (exact) mass is 288 g/mol. The number of allylic oxidation sites excluding steroid dienone is 2. The van der Waals surface area contributed by atoms with E-state index in [0.717, 1.165) is 16.7 Å². The lowest BCUT2D eigenvalue weighted by Crippen LogP contribution is -2.17. The van der Waals surface area contributed by atoms with Gasteiger partial charge in [0.15, 0.2) is 0 Å². The van der Waals surface area contributed by atoms with Crippen molar-refractivity contribution < 1.29 is 14.3 Å². The van der Waals surface area contributed by atoms with Crippen LogP contribution in [-0.4, -0.2) is 19.7 Å². The van der Waals surface area contributed by atoms with Crippen molar-refractivity contribution >= 4 is 5.97 Å². The lowest BCUT2D eigenvalue weighted by Gasteiger charge is -2.18. The predicted molar refractivity (Wildman–Crippen MR) is 85.7 cm³/mol. The van der Waals surface area contributed by atoms with Crippen LogP contribution >= 0.6 is 0 Å². The Labute approximate surface area is 127 Å². The van der Waals surface area contributed by atoms with Crippen LogP contribution in [0.15, 0.2) is 42.5 Å². The maximum absolute atomic E-state index is 12.3. The van der Waals surface area contributed by atoms with Crippen molar-refractivity contribution in [2.24, 2.45) is 0 Å². The van der Waals surface area contributed by atoms with Gasteiger partial charge < -0.3 is 9.47 Å². The van der Waals surface area contributed by atoms with Crippen LogP contribution in [0.1, 0.15) is 37.3 Å². The fourth-order valence-electron chi connectivity index (χ4n) is 2.03. The molecule has 3 heteroatoms. The Hall–Kier alpha value is -2.03. The Morgan fingerprint density at radius 1 is 1.38 bits per heavy atom. The van der Waals surface area contributed by atoms with Gasteiger partial charge in [-0.15, -0.1) is 6.58 Å². The maximum Gasteiger partial charge on any atom is 0.314 e. The molecule has 1 aromatic carbocycles. The molecular formula is C18H24O3. The Morgan fingerprint density at radius 3 is 2.67 bits per heavy atom. The standard InChI is InChI=1S/C18H24O3/c1-6-7-15(18(19)21-11-10-13(2)3)16-12-14(4)8-9-17(16)20-5/h6,8-10,12,15H,1,7,11H2,2-5H3. The molecule has 0 heterocycles. The van der Waals surface area contributed by atoms with Gasteiger partial charge in [-0.05, 0) is 39.3 Å². The molecule has 114 valence electrons. The number of carbonyl (C=O) groups excluding carboxylic acids is 1. The van der Waals surface area contributed by atoms with Crippen LogP contribution in [0, 0.1) is 6.92 Å². The van der Waals surface area contributed by atoms with E-state index in [0.29, 0.717) is 18.8 Å². The minimum Gasteiger partial charge on any atom is -0.496 e. The quantitative estimate of drug-likeness (QED) is 0.558. The summed E-state index contributed by atoms with van der Waals surface area (Å²) in [5.74, 6) is 0.0610. The number of carbonyl (C=O) groups is 1. The molecule has 0 saturated heterocycles. The van der Waals surface area contributed by atoms with Crippen molar-refractivity contribution in [3.63, 3.8) is 0 Å². The Balaban J connectivity index is 3.00. The average Bonchev–Trinajstić information content (AvgIpc) is 2.44. The van der Waals surface area contributed by atoms with Crippen LogP contribution in [0.25, 0.3) is 0 Å². The lowest BCUT2D eigenvalue weighted by molar-refractivity contribution is -0.144. The summed E-state index contributed by atoms with van der Waals surface area (Å²) in [4.78, 5) is 12.3. The van der Waals surface area contributed by atoms with Crippen LogP contribution < -0.4 is 4.74 Å². The van der Waals surface area contributed by atoms with E-state index in [2.05, 4.69) is 6.58 Å². The summed E-state index contributed by atoms with van der Waals surface area (Å²) in [6.07, 6.45) is 4.14. The number of esters is 1. The highest BCUT2D eigenvalue weighted by Crippen LogP contribution is 2.31. The highest BCUT2D eigenvalue weighted by atomic mass is 16.5. The summed E-state index contributed by atoms with van der Waals surface area (Å²) in [5.41, 5.74) is 3.05. The van der Waals surface area contributed by atoms with Crippen LogP contribution in [0.2, 0.25) is 0 Å². The van der Waals surface area contributed by atoms with E-state index in [1.165, 1.54) is 0 Å². The predicted octanol–water partition coefficient (Wildman–Crippen LogP) is 4.17. The zero-order valence-corrected chi connectivity index (χ0v) is 13.3. The molecule has 0 aromatic heterocycles. The second-order valence-electron chi connectivity index (χ2n) is 5.23. The molecular weight excluding hydrogens is 264 g/mol. The molecule has 0 fully saturated rings. The molecule has 1 aromatic rings. The van der Waals surface area contributed by atoms with E-state index in [1.54, 1.807) is 13.2 Å². The summed E-state index contributed by atoms with van der Waals surface area (Å²) in [5, 5.41) is 0. The molecule has 1 atom stereocenters. The molecule has 0 aliphatic heterocycles. The molecule has 21 heavy (non-hydrogen) atoms. The van der Waals surface area contributed by atoms with Crippen molar-refractivity contribution in [3.8, 4) is 5.75 Å². The van der Waals surface area contributed by atoms with Gasteiger partial charge in [-0.1, -0.05) is 29.3 Å². The maximum atomic E-state index is 12.3. The van der Waals surface area contributed by atoms with Gasteiger partial charge in [-0.2, -0.15) is 0 Å². The molecule has 0 N–H and O–H groups in total. The first-order valence-electron chi connectivity index (χ1n) is 7.05. The topological polar surface area (TPSA) is 35.5 Å². The van der Waals surface area contributed by atoms with Gasteiger partial charge in [0.2, 0.25) is 0 Å². The van der Waals surface area contributed by atoms with Crippen LogP contribution in [0.4, 0.5) is 0 Å². The summed E-state index contributed by atoms with van der Waals surface area (Å²) in [6.45, 7) is 9.96.